The Balaban J connectivity index is 1.61. The molecule has 8 nitrogen and oxygen atoms in total. The summed E-state index contributed by atoms with van der Waals surface area (Å²) in [5.74, 6) is -0.209. The third kappa shape index (κ3) is 6.19. The standard InChI is InChI=1S/C28H34N4O4/c1-3-36-28(35-2)17-14-24(15-18-28)30-25-16-19-29-27(26(25)32(33)34)31(20-22-10-6-4-7-11-22)21-23-12-8-5-9-13-23/h4-13,16,19,24H,3,14-15,17-18,20-21H2,1-2H3,(H,29,30). The highest BCUT2D eigenvalue weighted by Crippen LogP contribution is 2.38. The van der Waals surface area contributed by atoms with Gasteiger partial charge in [0, 0.05) is 51.9 Å². The summed E-state index contributed by atoms with van der Waals surface area (Å²) in [5, 5.41) is 15.8. The second-order valence-electron chi connectivity index (χ2n) is 9.08. The molecule has 1 aliphatic rings. The predicted octanol–water partition coefficient (Wildman–Crippen LogP) is 5.93. The van der Waals surface area contributed by atoms with E-state index in [1.54, 1.807) is 19.4 Å². The van der Waals surface area contributed by atoms with Gasteiger partial charge in [-0.1, -0.05) is 60.7 Å². The fraction of sp³-hybridized carbons (Fsp3) is 0.393. The van der Waals surface area contributed by atoms with Gasteiger partial charge in [0.05, 0.1) is 4.92 Å². The Bertz CT molecular complexity index is 1080. The number of hydrogen-bond donors (Lipinski definition) is 1. The average molecular weight is 491 g/mol. The normalized spacial score (nSPS) is 19.6. The molecule has 190 valence electrons. The first-order valence-corrected chi connectivity index (χ1v) is 12.5. The lowest BCUT2D eigenvalue weighted by Crippen LogP contribution is -2.42. The van der Waals surface area contributed by atoms with Gasteiger partial charge in [0.2, 0.25) is 5.82 Å². The second kappa shape index (κ2) is 12.0. The van der Waals surface area contributed by atoms with Crippen LogP contribution in [0.4, 0.5) is 17.2 Å². The van der Waals surface area contributed by atoms with Crippen LogP contribution < -0.4 is 10.2 Å². The molecule has 1 heterocycles. The summed E-state index contributed by atoms with van der Waals surface area (Å²) in [6, 6.07) is 21.7. The van der Waals surface area contributed by atoms with Crippen molar-refractivity contribution in [1.29, 1.82) is 0 Å². The number of nitrogens with zero attached hydrogens (tertiary/aromatic N) is 3. The Hall–Kier alpha value is -3.49. The zero-order chi connectivity index (χ0) is 25.4. The highest BCUT2D eigenvalue weighted by Gasteiger charge is 2.37. The fourth-order valence-electron chi connectivity index (χ4n) is 4.88. The van der Waals surface area contributed by atoms with Gasteiger partial charge in [-0.25, -0.2) is 4.98 Å². The van der Waals surface area contributed by atoms with Crippen LogP contribution in [0.2, 0.25) is 0 Å². The first-order chi connectivity index (χ1) is 17.5. The Morgan fingerprint density at radius 3 is 2.11 bits per heavy atom. The van der Waals surface area contributed by atoms with E-state index in [1.165, 1.54) is 0 Å². The number of nitrogens with one attached hydrogen (secondary N) is 1. The first kappa shape index (κ1) is 25.6. The van der Waals surface area contributed by atoms with Gasteiger partial charge in [0.15, 0.2) is 5.79 Å². The van der Waals surface area contributed by atoms with E-state index in [4.69, 9.17) is 9.47 Å². The average Bonchev–Trinajstić information content (AvgIpc) is 2.90. The van der Waals surface area contributed by atoms with Gasteiger partial charge in [-0.05, 0) is 37.0 Å². The van der Waals surface area contributed by atoms with Crippen LogP contribution in [0.5, 0.6) is 0 Å². The number of methoxy groups -OCH3 is 1. The van der Waals surface area contributed by atoms with Crippen LogP contribution in [0.25, 0.3) is 0 Å². The molecule has 0 spiro atoms. The molecular weight excluding hydrogens is 456 g/mol. The molecule has 36 heavy (non-hydrogen) atoms. The number of nitro groups is 1. The minimum atomic E-state index is -0.565. The zero-order valence-electron chi connectivity index (χ0n) is 20.9. The Morgan fingerprint density at radius 1 is 1.03 bits per heavy atom. The predicted molar refractivity (Wildman–Crippen MR) is 141 cm³/mol. The van der Waals surface area contributed by atoms with E-state index in [1.807, 2.05) is 72.5 Å². The van der Waals surface area contributed by atoms with Gasteiger partial charge in [-0.3, -0.25) is 10.1 Å². The Labute approximate surface area is 212 Å². The highest BCUT2D eigenvalue weighted by molar-refractivity contribution is 5.74. The lowest BCUT2D eigenvalue weighted by molar-refractivity contribution is -0.383. The third-order valence-electron chi connectivity index (χ3n) is 6.71. The van der Waals surface area contributed by atoms with Gasteiger partial charge < -0.3 is 19.7 Å². The van der Waals surface area contributed by atoms with Crippen molar-refractivity contribution in [3.63, 3.8) is 0 Å². The second-order valence-corrected chi connectivity index (χ2v) is 9.08. The van der Waals surface area contributed by atoms with Crippen LogP contribution in [0.1, 0.15) is 43.7 Å². The highest BCUT2D eigenvalue weighted by atomic mass is 16.7. The van der Waals surface area contributed by atoms with Crippen LogP contribution in [-0.2, 0) is 22.6 Å². The fourth-order valence-corrected chi connectivity index (χ4v) is 4.88. The van der Waals surface area contributed by atoms with E-state index in [-0.39, 0.29) is 16.7 Å². The van der Waals surface area contributed by atoms with Crippen molar-refractivity contribution in [1.82, 2.24) is 4.98 Å². The Morgan fingerprint density at radius 2 is 1.61 bits per heavy atom. The molecule has 0 unspecified atom stereocenters. The maximum atomic E-state index is 12.4. The number of hydrogen-bond acceptors (Lipinski definition) is 7. The van der Waals surface area contributed by atoms with Crippen molar-refractivity contribution >= 4 is 17.2 Å². The van der Waals surface area contributed by atoms with Crippen molar-refractivity contribution in [3.8, 4) is 0 Å². The quantitative estimate of drug-likeness (QED) is 0.202. The summed E-state index contributed by atoms with van der Waals surface area (Å²) < 4.78 is 11.5. The number of benzene rings is 2. The van der Waals surface area contributed by atoms with Gasteiger partial charge >= 0.3 is 5.69 Å². The van der Waals surface area contributed by atoms with E-state index < -0.39 is 5.79 Å². The van der Waals surface area contributed by atoms with Gasteiger partial charge in [0.1, 0.15) is 5.69 Å². The minimum Gasteiger partial charge on any atom is -0.377 e. The maximum Gasteiger partial charge on any atom is 0.334 e. The zero-order valence-corrected chi connectivity index (χ0v) is 20.9. The van der Waals surface area contributed by atoms with E-state index in [0.717, 1.165) is 36.8 Å². The molecule has 0 saturated heterocycles. The monoisotopic (exact) mass is 490 g/mol. The number of aromatic nitrogens is 1. The van der Waals surface area contributed by atoms with E-state index >= 15 is 0 Å². The summed E-state index contributed by atoms with van der Waals surface area (Å²) in [5.41, 5.74) is 2.60. The topological polar surface area (TPSA) is 89.8 Å². The molecule has 0 radical (unpaired) electrons. The van der Waals surface area contributed by atoms with Crippen molar-refractivity contribution < 1.29 is 14.4 Å². The molecule has 0 amide bonds. The molecule has 2 aromatic carbocycles. The van der Waals surface area contributed by atoms with Crippen LogP contribution >= 0.6 is 0 Å². The van der Waals surface area contributed by atoms with Crippen LogP contribution in [0.3, 0.4) is 0 Å². The number of rotatable bonds is 11. The van der Waals surface area contributed by atoms with E-state index in [9.17, 15) is 10.1 Å². The number of ether oxygens (including phenoxy) is 2. The molecule has 3 aromatic rings. The number of pyridine rings is 1. The van der Waals surface area contributed by atoms with Crippen molar-refractivity contribution in [3.05, 3.63) is 94.2 Å². The molecule has 1 N–H and O–H groups in total. The lowest BCUT2D eigenvalue weighted by Gasteiger charge is -2.39. The van der Waals surface area contributed by atoms with Crippen molar-refractivity contribution in [2.24, 2.45) is 0 Å². The largest absolute Gasteiger partial charge is 0.377 e. The summed E-state index contributed by atoms with van der Waals surface area (Å²) in [6.45, 7) is 3.55. The summed E-state index contributed by atoms with van der Waals surface area (Å²) in [6.07, 6.45) is 4.70. The summed E-state index contributed by atoms with van der Waals surface area (Å²) >= 11 is 0. The molecule has 0 bridgehead atoms. The van der Waals surface area contributed by atoms with Gasteiger partial charge in [0.25, 0.3) is 0 Å². The molecule has 1 fully saturated rings. The molecule has 1 aliphatic carbocycles. The van der Waals surface area contributed by atoms with E-state index in [2.05, 4.69) is 10.3 Å². The van der Waals surface area contributed by atoms with Crippen LogP contribution in [0.15, 0.2) is 72.9 Å². The SMILES string of the molecule is CCOC1(OC)CCC(Nc2ccnc(N(Cc3ccccc3)Cc3ccccc3)c2[N+](=O)[O-])CC1. The molecule has 0 aliphatic heterocycles. The van der Waals surface area contributed by atoms with Crippen LogP contribution in [0, 0.1) is 10.1 Å². The smallest absolute Gasteiger partial charge is 0.334 e. The van der Waals surface area contributed by atoms with Crippen molar-refractivity contribution in [2.45, 2.75) is 57.5 Å². The molecular formula is C28H34N4O4. The minimum absolute atomic E-state index is 0.00208. The summed E-state index contributed by atoms with van der Waals surface area (Å²) in [7, 11) is 1.68. The van der Waals surface area contributed by atoms with E-state index in [0.29, 0.717) is 31.2 Å². The Kier molecular flexibility index (Phi) is 8.51. The number of anilines is 2. The summed E-state index contributed by atoms with van der Waals surface area (Å²) in [4.78, 5) is 18.5. The first-order valence-electron chi connectivity index (χ1n) is 12.5. The molecule has 0 atom stereocenters. The van der Waals surface area contributed by atoms with Crippen molar-refractivity contribution in [2.75, 3.05) is 23.9 Å². The maximum absolute atomic E-state index is 12.4. The van der Waals surface area contributed by atoms with Crippen LogP contribution in [-0.4, -0.2) is 35.5 Å². The lowest BCUT2D eigenvalue weighted by atomic mass is 9.89. The molecule has 1 saturated carbocycles. The molecule has 8 heteroatoms. The molecule has 1 aromatic heterocycles. The molecule has 4 rings (SSSR count). The van der Waals surface area contributed by atoms with Gasteiger partial charge in [-0.2, -0.15) is 0 Å². The third-order valence-corrected chi connectivity index (χ3v) is 6.71. The van der Waals surface area contributed by atoms with Gasteiger partial charge in [-0.15, -0.1) is 0 Å².